The van der Waals surface area contributed by atoms with Gasteiger partial charge in [-0.15, -0.1) is 0 Å². The molecule has 2 aromatic carbocycles. The number of carbonyl (C=O) groups is 1. The zero-order chi connectivity index (χ0) is 15.4. The molecular formula is C18H19NO3. The van der Waals surface area contributed by atoms with Crippen molar-refractivity contribution >= 4 is 5.91 Å². The molecule has 1 atom stereocenters. The van der Waals surface area contributed by atoms with Gasteiger partial charge in [0.25, 0.3) is 0 Å². The molecule has 0 radical (unpaired) electrons. The second-order valence-corrected chi connectivity index (χ2v) is 5.32. The third kappa shape index (κ3) is 3.22. The van der Waals surface area contributed by atoms with Crippen LogP contribution in [0.3, 0.4) is 0 Å². The number of fused-ring (bicyclic) bond motifs is 1. The third-order valence-electron chi connectivity index (χ3n) is 3.79. The minimum absolute atomic E-state index is 0.00922. The van der Waals surface area contributed by atoms with Crippen molar-refractivity contribution in [3.63, 3.8) is 0 Å². The van der Waals surface area contributed by atoms with Crippen molar-refractivity contribution in [2.24, 2.45) is 0 Å². The van der Waals surface area contributed by atoms with Gasteiger partial charge in [-0.3, -0.25) is 4.79 Å². The van der Waals surface area contributed by atoms with Crippen molar-refractivity contribution < 1.29 is 14.3 Å². The standard InChI is InChI=1S/C18H19NO3/c1-21-14-6-4-5-13(11-14)12-18(20)19-16-9-10-22-17-8-3-2-7-15(16)17/h2-8,11,16H,9-10,12H2,1H3,(H,19,20)/t16-/m1/s1. The van der Waals surface area contributed by atoms with Gasteiger partial charge < -0.3 is 14.8 Å². The van der Waals surface area contributed by atoms with Gasteiger partial charge in [0.2, 0.25) is 5.91 Å². The Bertz CT molecular complexity index is 669. The monoisotopic (exact) mass is 297 g/mol. The van der Waals surface area contributed by atoms with Gasteiger partial charge in [-0.2, -0.15) is 0 Å². The quantitative estimate of drug-likeness (QED) is 0.944. The van der Waals surface area contributed by atoms with Gasteiger partial charge in [0.15, 0.2) is 0 Å². The van der Waals surface area contributed by atoms with E-state index in [9.17, 15) is 4.79 Å². The summed E-state index contributed by atoms with van der Waals surface area (Å²) in [5.74, 6) is 1.64. The predicted octanol–water partition coefficient (Wildman–Crippen LogP) is 2.88. The Balaban J connectivity index is 1.67. The van der Waals surface area contributed by atoms with E-state index in [1.54, 1.807) is 7.11 Å². The fourth-order valence-electron chi connectivity index (χ4n) is 2.71. The first-order valence-corrected chi connectivity index (χ1v) is 7.40. The number of carbonyl (C=O) groups excluding carboxylic acids is 1. The lowest BCUT2D eigenvalue weighted by Gasteiger charge is -2.26. The number of hydrogen-bond acceptors (Lipinski definition) is 3. The Morgan fingerprint density at radius 1 is 1.27 bits per heavy atom. The van der Waals surface area contributed by atoms with Crippen molar-refractivity contribution in [1.82, 2.24) is 5.32 Å². The molecule has 1 heterocycles. The highest BCUT2D eigenvalue weighted by Gasteiger charge is 2.22. The fourth-order valence-corrected chi connectivity index (χ4v) is 2.71. The van der Waals surface area contributed by atoms with Crippen LogP contribution in [-0.4, -0.2) is 19.6 Å². The number of rotatable bonds is 4. The second kappa shape index (κ2) is 6.52. The van der Waals surface area contributed by atoms with E-state index in [2.05, 4.69) is 5.32 Å². The summed E-state index contributed by atoms with van der Waals surface area (Å²) in [6.45, 7) is 0.626. The molecule has 0 saturated carbocycles. The molecular weight excluding hydrogens is 278 g/mol. The first kappa shape index (κ1) is 14.4. The summed E-state index contributed by atoms with van der Waals surface area (Å²) in [5.41, 5.74) is 1.99. The smallest absolute Gasteiger partial charge is 0.224 e. The van der Waals surface area contributed by atoms with Gasteiger partial charge in [-0.25, -0.2) is 0 Å². The van der Waals surface area contributed by atoms with Crippen LogP contribution in [0.5, 0.6) is 11.5 Å². The molecule has 0 spiro atoms. The zero-order valence-electron chi connectivity index (χ0n) is 12.5. The lowest BCUT2D eigenvalue weighted by atomic mass is 10.00. The van der Waals surface area contributed by atoms with Gasteiger partial charge in [0.1, 0.15) is 11.5 Å². The average molecular weight is 297 g/mol. The number of ether oxygens (including phenoxy) is 2. The molecule has 1 aliphatic heterocycles. The lowest BCUT2D eigenvalue weighted by Crippen LogP contribution is -2.33. The van der Waals surface area contributed by atoms with E-state index in [1.807, 2.05) is 48.5 Å². The maximum atomic E-state index is 12.3. The van der Waals surface area contributed by atoms with E-state index in [0.717, 1.165) is 29.0 Å². The van der Waals surface area contributed by atoms with Crippen LogP contribution in [0.4, 0.5) is 0 Å². The highest BCUT2D eigenvalue weighted by Crippen LogP contribution is 2.31. The van der Waals surface area contributed by atoms with Crippen molar-refractivity contribution in [2.45, 2.75) is 18.9 Å². The summed E-state index contributed by atoms with van der Waals surface area (Å²) >= 11 is 0. The number of hydrogen-bond donors (Lipinski definition) is 1. The van der Waals surface area contributed by atoms with E-state index in [0.29, 0.717) is 13.0 Å². The van der Waals surface area contributed by atoms with Crippen LogP contribution in [0.2, 0.25) is 0 Å². The Morgan fingerprint density at radius 3 is 3.00 bits per heavy atom. The number of methoxy groups -OCH3 is 1. The van der Waals surface area contributed by atoms with E-state index in [-0.39, 0.29) is 11.9 Å². The minimum atomic E-state index is 0.00922. The van der Waals surface area contributed by atoms with Crippen molar-refractivity contribution in [3.05, 3.63) is 59.7 Å². The molecule has 1 amide bonds. The molecule has 114 valence electrons. The summed E-state index contributed by atoms with van der Waals surface area (Å²) in [6.07, 6.45) is 1.14. The summed E-state index contributed by atoms with van der Waals surface area (Å²) < 4.78 is 10.8. The molecule has 1 aliphatic rings. The zero-order valence-corrected chi connectivity index (χ0v) is 12.5. The van der Waals surface area contributed by atoms with Gasteiger partial charge >= 0.3 is 0 Å². The van der Waals surface area contributed by atoms with Crippen molar-refractivity contribution in [3.8, 4) is 11.5 Å². The number of nitrogens with one attached hydrogen (secondary N) is 1. The molecule has 4 nitrogen and oxygen atoms in total. The van der Waals surface area contributed by atoms with Crippen LogP contribution in [0.15, 0.2) is 48.5 Å². The molecule has 0 aliphatic carbocycles. The van der Waals surface area contributed by atoms with Crippen LogP contribution in [-0.2, 0) is 11.2 Å². The Hall–Kier alpha value is -2.49. The van der Waals surface area contributed by atoms with Crippen LogP contribution in [0.1, 0.15) is 23.6 Å². The molecule has 0 unspecified atom stereocenters. The van der Waals surface area contributed by atoms with Gasteiger partial charge in [0, 0.05) is 12.0 Å². The van der Waals surface area contributed by atoms with Crippen LogP contribution < -0.4 is 14.8 Å². The summed E-state index contributed by atoms with van der Waals surface area (Å²) in [5, 5.41) is 3.10. The normalized spacial score (nSPS) is 16.3. The van der Waals surface area contributed by atoms with Crippen molar-refractivity contribution in [1.29, 1.82) is 0 Å². The average Bonchev–Trinajstić information content (AvgIpc) is 2.55. The predicted molar refractivity (Wildman–Crippen MR) is 84.1 cm³/mol. The maximum absolute atomic E-state index is 12.3. The van der Waals surface area contributed by atoms with Crippen molar-refractivity contribution in [2.75, 3.05) is 13.7 Å². The van der Waals surface area contributed by atoms with E-state index < -0.39 is 0 Å². The first-order valence-electron chi connectivity index (χ1n) is 7.40. The van der Waals surface area contributed by atoms with Crippen LogP contribution >= 0.6 is 0 Å². The van der Waals surface area contributed by atoms with E-state index in [4.69, 9.17) is 9.47 Å². The Morgan fingerprint density at radius 2 is 2.14 bits per heavy atom. The molecule has 0 fully saturated rings. The van der Waals surface area contributed by atoms with Gasteiger partial charge in [-0.1, -0.05) is 30.3 Å². The number of amides is 1. The Kier molecular flexibility index (Phi) is 4.28. The van der Waals surface area contributed by atoms with Crippen LogP contribution in [0, 0.1) is 0 Å². The highest BCUT2D eigenvalue weighted by molar-refractivity contribution is 5.79. The summed E-state index contributed by atoms with van der Waals surface area (Å²) in [4.78, 5) is 12.3. The molecule has 0 saturated heterocycles. The van der Waals surface area contributed by atoms with E-state index in [1.165, 1.54) is 0 Å². The third-order valence-corrected chi connectivity index (χ3v) is 3.79. The maximum Gasteiger partial charge on any atom is 0.224 e. The van der Waals surface area contributed by atoms with Gasteiger partial charge in [0.05, 0.1) is 26.2 Å². The first-order chi connectivity index (χ1) is 10.8. The highest BCUT2D eigenvalue weighted by atomic mass is 16.5. The van der Waals surface area contributed by atoms with Gasteiger partial charge in [-0.05, 0) is 23.8 Å². The molecule has 4 heteroatoms. The molecule has 2 aromatic rings. The Labute approximate surface area is 130 Å². The molecule has 1 N–H and O–H groups in total. The molecule has 0 bridgehead atoms. The largest absolute Gasteiger partial charge is 0.497 e. The molecule has 3 rings (SSSR count). The topological polar surface area (TPSA) is 47.6 Å². The summed E-state index contributed by atoms with van der Waals surface area (Å²) in [6, 6.07) is 15.5. The summed E-state index contributed by atoms with van der Waals surface area (Å²) in [7, 11) is 1.62. The minimum Gasteiger partial charge on any atom is -0.497 e. The number of benzene rings is 2. The lowest BCUT2D eigenvalue weighted by molar-refractivity contribution is -0.121. The SMILES string of the molecule is COc1cccc(CC(=O)N[C@@H]2CCOc3ccccc32)c1. The molecule has 22 heavy (non-hydrogen) atoms. The number of para-hydroxylation sites is 1. The fraction of sp³-hybridized carbons (Fsp3) is 0.278. The molecule has 0 aromatic heterocycles. The van der Waals surface area contributed by atoms with Crippen LogP contribution in [0.25, 0.3) is 0 Å². The van der Waals surface area contributed by atoms with E-state index >= 15 is 0 Å². The second-order valence-electron chi connectivity index (χ2n) is 5.32.